The Kier molecular flexibility index (Phi) is 6.71. The second-order valence-corrected chi connectivity index (χ2v) is 8.14. The van der Waals surface area contributed by atoms with Crippen LogP contribution in [0.3, 0.4) is 0 Å². The standard InChI is InChI=1S/C16H27N3S2/c1-4-7-18-14(13-11(3)6-8-19-16(13)17)15-12(5-2)20-9-10-21-15/h6,8,12,14-15,18H,4-5,7,9-10H2,1-3H3,(H2,17,19). The predicted molar refractivity (Wildman–Crippen MR) is 97.2 cm³/mol. The van der Waals surface area contributed by atoms with Gasteiger partial charge in [-0.15, -0.1) is 0 Å². The van der Waals surface area contributed by atoms with Crippen LogP contribution in [0.5, 0.6) is 0 Å². The summed E-state index contributed by atoms with van der Waals surface area (Å²) in [6.45, 7) is 7.68. The molecule has 0 aliphatic carbocycles. The molecule has 3 N–H and O–H groups in total. The van der Waals surface area contributed by atoms with Crippen molar-refractivity contribution >= 4 is 29.3 Å². The quantitative estimate of drug-likeness (QED) is 0.836. The summed E-state index contributed by atoms with van der Waals surface area (Å²) in [4.78, 5) is 4.34. The Hall–Kier alpha value is -0.390. The minimum absolute atomic E-state index is 0.307. The van der Waals surface area contributed by atoms with Crippen LogP contribution < -0.4 is 11.1 Å². The first-order valence-corrected chi connectivity index (χ1v) is 9.96. The van der Waals surface area contributed by atoms with E-state index in [1.165, 1.54) is 29.1 Å². The van der Waals surface area contributed by atoms with Crippen molar-refractivity contribution in [2.75, 3.05) is 23.8 Å². The molecule has 1 aromatic heterocycles. The molecule has 1 saturated heterocycles. The molecular formula is C16H27N3S2. The van der Waals surface area contributed by atoms with E-state index in [4.69, 9.17) is 5.73 Å². The molecule has 2 heterocycles. The lowest BCUT2D eigenvalue weighted by atomic mass is 9.96. The molecule has 0 aromatic carbocycles. The Labute approximate surface area is 137 Å². The van der Waals surface area contributed by atoms with E-state index in [1.807, 2.05) is 6.20 Å². The maximum atomic E-state index is 6.22. The van der Waals surface area contributed by atoms with Gasteiger partial charge in [-0.3, -0.25) is 0 Å². The van der Waals surface area contributed by atoms with Crippen LogP contribution in [0.1, 0.15) is 43.9 Å². The first-order chi connectivity index (χ1) is 10.2. The minimum atomic E-state index is 0.307. The van der Waals surface area contributed by atoms with Crippen LogP contribution >= 0.6 is 23.5 Å². The van der Waals surface area contributed by atoms with Gasteiger partial charge in [-0.2, -0.15) is 23.5 Å². The van der Waals surface area contributed by atoms with Gasteiger partial charge in [-0.25, -0.2) is 4.98 Å². The zero-order valence-corrected chi connectivity index (χ0v) is 14.9. The number of rotatable bonds is 6. The van der Waals surface area contributed by atoms with Crippen LogP contribution in [0.25, 0.3) is 0 Å². The smallest absolute Gasteiger partial charge is 0.128 e. The van der Waals surface area contributed by atoms with Crippen molar-refractivity contribution in [1.82, 2.24) is 10.3 Å². The van der Waals surface area contributed by atoms with Crippen molar-refractivity contribution in [3.8, 4) is 0 Å². The van der Waals surface area contributed by atoms with E-state index < -0.39 is 0 Å². The molecule has 1 aliphatic rings. The number of aryl methyl sites for hydroxylation is 1. The van der Waals surface area contributed by atoms with Crippen LogP contribution in [0.4, 0.5) is 5.82 Å². The number of pyridine rings is 1. The van der Waals surface area contributed by atoms with Gasteiger partial charge in [-0.1, -0.05) is 13.8 Å². The van der Waals surface area contributed by atoms with E-state index in [9.17, 15) is 0 Å². The molecule has 118 valence electrons. The van der Waals surface area contributed by atoms with Crippen molar-refractivity contribution in [3.05, 3.63) is 23.4 Å². The molecule has 21 heavy (non-hydrogen) atoms. The van der Waals surface area contributed by atoms with Crippen molar-refractivity contribution in [3.63, 3.8) is 0 Å². The van der Waals surface area contributed by atoms with Gasteiger partial charge in [0.15, 0.2) is 0 Å². The summed E-state index contributed by atoms with van der Waals surface area (Å²) in [5.41, 5.74) is 8.68. The summed E-state index contributed by atoms with van der Waals surface area (Å²) in [5.74, 6) is 3.19. The van der Waals surface area contributed by atoms with Crippen LogP contribution in [0.2, 0.25) is 0 Å². The lowest BCUT2D eigenvalue weighted by Crippen LogP contribution is -2.40. The van der Waals surface area contributed by atoms with E-state index in [1.54, 1.807) is 0 Å². The number of hydrogen-bond donors (Lipinski definition) is 2. The summed E-state index contributed by atoms with van der Waals surface area (Å²) in [5, 5.41) is 5.01. The third-order valence-electron chi connectivity index (χ3n) is 3.99. The van der Waals surface area contributed by atoms with E-state index in [0.717, 1.165) is 13.0 Å². The third-order valence-corrected chi connectivity index (χ3v) is 7.34. The van der Waals surface area contributed by atoms with Crippen molar-refractivity contribution in [1.29, 1.82) is 0 Å². The summed E-state index contributed by atoms with van der Waals surface area (Å²) < 4.78 is 0. The van der Waals surface area contributed by atoms with Crippen LogP contribution in [-0.4, -0.2) is 33.5 Å². The van der Waals surface area contributed by atoms with Gasteiger partial charge in [0.1, 0.15) is 5.82 Å². The molecule has 3 unspecified atom stereocenters. The molecule has 0 radical (unpaired) electrons. The molecule has 1 aromatic rings. The van der Waals surface area contributed by atoms with E-state index >= 15 is 0 Å². The zero-order valence-electron chi connectivity index (χ0n) is 13.3. The maximum Gasteiger partial charge on any atom is 0.128 e. The highest BCUT2D eigenvalue weighted by Gasteiger charge is 2.34. The monoisotopic (exact) mass is 325 g/mol. The van der Waals surface area contributed by atoms with Crippen molar-refractivity contribution in [2.24, 2.45) is 0 Å². The highest BCUT2D eigenvalue weighted by Crippen LogP contribution is 2.41. The second-order valence-electron chi connectivity index (χ2n) is 5.51. The van der Waals surface area contributed by atoms with E-state index in [0.29, 0.717) is 22.4 Å². The fraction of sp³-hybridized carbons (Fsp3) is 0.688. The molecule has 0 spiro atoms. The SMILES string of the molecule is CCCNC(c1c(C)ccnc1N)C1SCCSC1CC. The third kappa shape index (κ3) is 4.08. The van der Waals surface area contributed by atoms with Gasteiger partial charge >= 0.3 is 0 Å². The number of nitrogens with zero attached hydrogens (tertiary/aromatic N) is 1. The number of anilines is 1. The fourth-order valence-electron chi connectivity index (χ4n) is 2.92. The number of thioether (sulfide) groups is 2. The Morgan fingerprint density at radius 3 is 2.81 bits per heavy atom. The largest absolute Gasteiger partial charge is 0.383 e. The summed E-state index contributed by atoms with van der Waals surface area (Å²) in [7, 11) is 0. The maximum absolute atomic E-state index is 6.22. The van der Waals surface area contributed by atoms with Gasteiger partial charge in [-0.05, 0) is 37.9 Å². The molecular weight excluding hydrogens is 298 g/mol. The van der Waals surface area contributed by atoms with Crippen LogP contribution in [0, 0.1) is 6.92 Å². The Bertz CT molecular complexity index is 433. The number of nitrogen functional groups attached to an aromatic ring is 1. The normalized spacial score (nSPS) is 24.0. The molecule has 0 bridgehead atoms. The van der Waals surface area contributed by atoms with Gasteiger partial charge in [0.2, 0.25) is 0 Å². The number of nitrogens with two attached hydrogens (primary N) is 1. The van der Waals surface area contributed by atoms with Gasteiger partial charge in [0.05, 0.1) is 0 Å². The van der Waals surface area contributed by atoms with Crippen molar-refractivity contribution < 1.29 is 0 Å². The first-order valence-electron chi connectivity index (χ1n) is 7.86. The Morgan fingerprint density at radius 1 is 1.38 bits per heavy atom. The predicted octanol–water partition coefficient (Wildman–Crippen LogP) is 3.64. The number of aromatic nitrogens is 1. The molecule has 0 amide bonds. The Balaban J connectivity index is 2.32. The number of nitrogens with one attached hydrogen (secondary N) is 1. The molecule has 0 saturated carbocycles. The summed E-state index contributed by atoms with van der Waals surface area (Å²) in [6.07, 6.45) is 4.16. The summed E-state index contributed by atoms with van der Waals surface area (Å²) in [6, 6.07) is 2.38. The minimum Gasteiger partial charge on any atom is -0.383 e. The average molecular weight is 326 g/mol. The van der Waals surface area contributed by atoms with E-state index in [2.05, 4.69) is 60.7 Å². The number of hydrogen-bond acceptors (Lipinski definition) is 5. The van der Waals surface area contributed by atoms with Crippen LogP contribution in [0.15, 0.2) is 12.3 Å². The summed E-state index contributed by atoms with van der Waals surface area (Å²) >= 11 is 4.22. The lowest BCUT2D eigenvalue weighted by molar-refractivity contribution is 0.496. The average Bonchev–Trinajstić information content (AvgIpc) is 2.50. The molecule has 1 aliphatic heterocycles. The topological polar surface area (TPSA) is 50.9 Å². The second kappa shape index (κ2) is 8.30. The zero-order chi connectivity index (χ0) is 15.2. The van der Waals surface area contributed by atoms with E-state index in [-0.39, 0.29) is 0 Å². The molecule has 5 heteroatoms. The first kappa shape index (κ1) is 17.0. The molecule has 1 fully saturated rings. The Morgan fingerprint density at radius 2 is 2.14 bits per heavy atom. The van der Waals surface area contributed by atoms with Gasteiger partial charge < -0.3 is 11.1 Å². The molecule has 2 rings (SSSR count). The van der Waals surface area contributed by atoms with Crippen molar-refractivity contribution in [2.45, 2.75) is 50.2 Å². The highest BCUT2D eigenvalue weighted by atomic mass is 32.2. The molecule has 3 nitrogen and oxygen atoms in total. The van der Waals surface area contributed by atoms with Gasteiger partial charge in [0.25, 0.3) is 0 Å². The lowest BCUT2D eigenvalue weighted by Gasteiger charge is -2.37. The van der Waals surface area contributed by atoms with Crippen LogP contribution in [-0.2, 0) is 0 Å². The highest BCUT2D eigenvalue weighted by molar-refractivity contribution is 8.07. The molecule has 3 atom stereocenters. The fourth-order valence-corrected chi connectivity index (χ4v) is 6.16. The van der Waals surface area contributed by atoms with Gasteiger partial charge in [0, 0.05) is 39.8 Å².